The summed E-state index contributed by atoms with van der Waals surface area (Å²) in [5.74, 6) is 0.570. The van der Waals surface area contributed by atoms with Crippen LogP contribution >= 0.6 is 0 Å². The predicted octanol–water partition coefficient (Wildman–Crippen LogP) is 5.24. The van der Waals surface area contributed by atoms with E-state index >= 15 is 0 Å². The van der Waals surface area contributed by atoms with Gasteiger partial charge in [0.2, 0.25) is 0 Å². The monoisotopic (exact) mass is 504 g/mol. The molecular formula is C29H36N2O2SSi. The average Bonchev–Trinajstić information content (AvgIpc) is 3.11. The lowest BCUT2D eigenvalue weighted by atomic mass is 10.2. The maximum absolute atomic E-state index is 13.7. The van der Waals surface area contributed by atoms with E-state index < -0.39 is 18.1 Å². The average molecular weight is 505 g/mol. The fraction of sp³-hybridized carbons (Fsp3) is 0.345. The Morgan fingerprint density at radius 3 is 1.77 bits per heavy atom. The largest absolute Gasteiger partial charge is 0.267 e. The molecule has 35 heavy (non-hydrogen) atoms. The fourth-order valence-electron chi connectivity index (χ4n) is 5.62. The van der Waals surface area contributed by atoms with Gasteiger partial charge < -0.3 is 0 Å². The van der Waals surface area contributed by atoms with E-state index in [0.717, 1.165) is 11.6 Å². The standard InChI is InChI=1S/C29H36N2O2SSi/c1-22-17-19-25(20-18-22)34(32,33)31-23(2)28(30-24(31)3)21-35(29(4,5)6,26-13-9-7-10-14-26)27-15-11-8-12-16-27/h7-20,23,28H,21H2,1-6H3. The van der Waals surface area contributed by atoms with Crippen molar-refractivity contribution < 1.29 is 8.42 Å². The van der Waals surface area contributed by atoms with E-state index in [1.165, 1.54) is 10.4 Å². The zero-order valence-corrected chi connectivity index (χ0v) is 23.4. The summed E-state index contributed by atoms with van der Waals surface area (Å²) < 4.78 is 28.9. The van der Waals surface area contributed by atoms with Gasteiger partial charge in [-0.3, -0.25) is 4.99 Å². The highest BCUT2D eigenvalue weighted by molar-refractivity contribution is 7.89. The minimum atomic E-state index is -3.69. The van der Waals surface area contributed by atoms with Crippen LogP contribution in [0.25, 0.3) is 0 Å². The second-order valence-electron chi connectivity index (χ2n) is 10.7. The number of rotatable bonds is 6. The number of hydrogen-bond acceptors (Lipinski definition) is 3. The Bertz CT molecular complexity index is 1260. The molecule has 3 aromatic rings. The molecule has 2 atom stereocenters. The van der Waals surface area contributed by atoms with Crippen molar-refractivity contribution >= 4 is 34.3 Å². The molecule has 0 saturated heterocycles. The molecule has 0 spiro atoms. The zero-order valence-electron chi connectivity index (χ0n) is 21.6. The van der Waals surface area contributed by atoms with E-state index in [1.807, 2.05) is 32.9 Å². The topological polar surface area (TPSA) is 49.7 Å². The molecule has 6 heteroatoms. The Balaban J connectivity index is 1.80. The van der Waals surface area contributed by atoms with Crippen LogP contribution in [0.2, 0.25) is 11.1 Å². The van der Waals surface area contributed by atoms with Gasteiger partial charge in [-0.25, -0.2) is 12.7 Å². The highest BCUT2D eigenvalue weighted by Gasteiger charge is 2.51. The third-order valence-electron chi connectivity index (χ3n) is 7.50. The molecule has 4 rings (SSSR count). The van der Waals surface area contributed by atoms with Crippen LogP contribution in [0.15, 0.2) is 94.8 Å². The van der Waals surface area contributed by atoms with Gasteiger partial charge in [0.1, 0.15) is 13.9 Å². The Labute approximate surface area is 211 Å². The molecule has 0 radical (unpaired) electrons. The van der Waals surface area contributed by atoms with Gasteiger partial charge in [0, 0.05) is 0 Å². The second kappa shape index (κ2) is 9.39. The smallest absolute Gasteiger partial charge is 0.265 e. The number of nitrogens with zero attached hydrogens (tertiary/aromatic N) is 2. The van der Waals surface area contributed by atoms with Crippen molar-refractivity contribution in [2.24, 2.45) is 4.99 Å². The van der Waals surface area contributed by atoms with E-state index in [-0.39, 0.29) is 17.1 Å². The van der Waals surface area contributed by atoms with E-state index in [4.69, 9.17) is 4.99 Å². The van der Waals surface area contributed by atoms with E-state index in [2.05, 4.69) is 81.4 Å². The molecular weight excluding hydrogens is 468 g/mol. The summed E-state index contributed by atoms with van der Waals surface area (Å²) in [7, 11) is -6.08. The summed E-state index contributed by atoms with van der Waals surface area (Å²) in [6.07, 6.45) is 0. The summed E-state index contributed by atoms with van der Waals surface area (Å²) in [5.41, 5.74) is 1.04. The highest BCUT2D eigenvalue weighted by atomic mass is 32.2. The van der Waals surface area contributed by atoms with Crippen LogP contribution in [0.5, 0.6) is 0 Å². The van der Waals surface area contributed by atoms with Crippen molar-refractivity contribution in [3.8, 4) is 0 Å². The maximum Gasteiger partial charge on any atom is 0.265 e. The SMILES string of the molecule is CC1=NC(C[Si](c2ccccc2)(c2ccccc2)C(C)(C)C)C(C)N1S(=O)(=O)c1ccc(C)cc1. The highest BCUT2D eigenvalue weighted by Crippen LogP contribution is 2.42. The van der Waals surface area contributed by atoms with Crippen LogP contribution in [0, 0.1) is 6.92 Å². The number of amidine groups is 1. The molecule has 0 amide bonds. The second-order valence-corrected chi connectivity index (χ2v) is 17.4. The number of sulfonamides is 1. The predicted molar refractivity (Wildman–Crippen MR) is 149 cm³/mol. The van der Waals surface area contributed by atoms with Crippen LogP contribution in [-0.2, 0) is 10.0 Å². The van der Waals surface area contributed by atoms with Crippen molar-refractivity contribution in [3.05, 3.63) is 90.5 Å². The number of hydrogen-bond donors (Lipinski definition) is 0. The lowest BCUT2D eigenvalue weighted by Gasteiger charge is -2.46. The van der Waals surface area contributed by atoms with Crippen molar-refractivity contribution in [1.29, 1.82) is 0 Å². The molecule has 1 aliphatic heterocycles. The first-order valence-electron chi connectivity index (χ1n) is 12.2. The van der Waals surface area contributed by atoms with Crippen molar-refractivity contribution in [1.82, 2.24) is 4.31 Å². The molecule has 4 nitrogen and oxygen atoms in total. The van der Waals surface area contributed by atoms with Gasteiger partial charge in [-0.2, -0.15) is 0 Å². The number of aliphatic imine (C=N–C) groups is 1. The quantitative estimate of drug-likeness (QED) is 0.431. The van der Waals surface area contributed by atoms with Gasteiger partial charge >= 0.3 is 0 Å². The normalized spacial score (nSPS) is 19.0. The molecule has 0 aliphatic carbocycles. The molecule has 0 bridgehead atoms. The van der Waals surface area contributed by atoms with Gasteiger partial charge in [0.25, 0.3) is 10.0 Å². The molecule has 3 aromatic carbocycles. The summed E-state index contributed by atoms with van der Waals surface area (Å²) in [5, 5.41) is 2.71. The number of aryl methyl sites for hydroxylation is 1. The molecule has 1 aliphatic rings. The first-order chi connectivity index (χ1) is 16.5. The molecule has 2 unspecified atom stereocenters. The molecule has 0 saturated carbocycles. The lowest BCUT2D eigenvalue weighted by Crippen LogP contribution is -2.66. The van der Waals surface area contributed by atoms with Crippen LogP contribution in [0.4, 0.5) is 0 Å². The van der Waals surface area contributed by atoms with Crippen molar-refractivity contribution in [3.63, 3.8) is 0 Å². The minimum Gasteiger partial charge on any atom is -0.267 e. The van der Waals surface area contributed by atoms with Gasteiger partial charge in [-0.15, -0.1) is 0 Å². The van der Waals surface area contributed by atoms with E-state index in [0.29, 0.717) is 10.7 Å². The first-order valence-corrected chi connectivity index (χ1v) is 15.9. The van der Waals surface area contributed by atoms with E-state index in [1.54, 1.807) is 16.4 Å². The Morgan fingerprint density at radius 2 is 1.31 bits per heavy atom. The Hall–Kier alpha value is -2.70. The van der Waals surface area contributed by atoms with Gasteiger partial charge in [0.15, 0.2) is 0 Å². The van der Waals surface area contributed by atoms with Crippen LogP contribution in [0.1, 0.15) is 40.2 Å². The Morgan fingerprint density at radius 1 is 0.829 bits per heavy atom. The van der Waals surface area contributed by atoms with E-state index in [9.17, 15) is 8.42 Å². The minimum absolute atomic E-state index is 0.0118. The van der Waals surface area contributed by atoms with Gasteiger partial charge in [-0.05, 0) is 44.0 Å². The summed E-state index contributed by atoms with van der Waals surface area (Å²) in [6, 6.07) is 29.1. The lowest BCUT2D eigenvalue weighted by molar-refractivity contribution is 0.436. The van der Waals surface area contributed by atoms with Crippen LogP contribution in [-0.4, -0.2) is 38.7 Å². The summed E-state index contributed by atoms with van der Waals surface area (Å²) in [4.78, 5) is 5.32. The Kier molecular flexibility index (Phi) is 6.82. The van der Waals surface area contributed by atoms with Gasteiger partial charge in [0.05, 0.1) is 17.0 Å². The van der Waals surface area contributed by atoms with Crippen molar-refractivity contribution in [2.75, 3.05) is 0 Å². The molecule has 0 fully saturated rings. The summed E-state index contributed by atoms with van der Waals surface area (Å²) in [6.45, 7) is 12.8. The zero-order chi connectivity index (χ0) is 25.4. The first kappa shape index (κ1) is 25.4. The molecule has 184 valence electrons. The van der Waals surface area contributed by atoms with Gasteiger partial charge in [-0.1, -0.05) is 110 Å². The molecule has 0 N–H and O–H groups in total. The third-order valence-corrected chi connectivity index (χ3v) is 15.7. The van der Waals surface area contributed by atoms with Crippen LogP contribution in [0.3, 0.4) is 0 Å². The molecule has 1 heterocycles. The molecule has 0 aromatic heterocycles. The van der Waals surface area contributed by atoms with Crippen LogP contribution < -0.4 is 10.4 Å². The maximum atomic E-state index is 13.7. The van der Waals surface area contributed by atoms with Crippen molar-refractivity contribution in [2.45, 2.75) is 69.6 Å². The third kappa shape index (κ3) is 4.50. The fourth-order valence-corrected chi connectivity index (χ4v) is 13.0. The number of benzene rings is 3. The summed E-state index contributed by atoms with van der Waals surface area (Å²) >= 11 is 0.